The van der Waals surface area contributed by atoms with Crippen LogP contribution in [0, 0.1) is 0 Å². The first-order valence-corrected chi connectivity index (χ1v) is 7.47. The number of hydrogen-bond acceptors (Lipinski definition) is 8. The number of anilines is 2. The second-order valence-electron chi connectivity index (χ2n) is 4.96. The molecule has 9 heteroatoms. The van der Waals surface area contributed by atoms with Gasteiger partial charge in [-0.2, -0.15) is 5.10 Å². The van der Waals surface area contributed by atoms with E-state index in [4.69, 9.17) is 5.73 Å². The van der Waals surface area contributed by atoms with Gasteiger partial charge in [-0.1, -0.05) is 11.3 Å². The molecule has 4 N–H and O–H groups in total. The summed E-state index contributed by atoms with van der Waals surface area (Å²) in [4.78, 5) is 9.09. The summed E-state index contributed by atoms with van der Waals surface area (Å²) >= 11 is 1.41. The third-order valence-corrected chi connectivity index (χ3v) is 4.05. The molecule has 0 aromatic carbocycles. The summed E-state index contributed by atoms with van der Waals surface area (Å²) < 4.78 is 0. The summed E-state index contributed by atoms with van der Waals surface area (Å²) in [6.07, 6.45) is 5.41. The molecule has 22 heavy (non-hydrogen) atoms. The van der Waals surface area contributed by atoms with Crippen molar-refractivity contribution in [2.75, 3.05) is 11.9 Å². The normalized spacial score (nSPS) is 19.9. The molecule has 4 heterocycles. The molecule has 1 aliphatic rings. The lowest BCUT2D eigenvalue weighted by Crippen LogP contribution is -2.46. The molecule has 0 radical (unpaired) electrons. The van der Waals surface area contributed by atoms with Gasteiger partial charge in [0.1, 0.15) is 11.3 Å². The van der Waals surface area contributed by atoms with E-state index >= 15 is 0 Å². The Morgan fingerprint density at radius 2 is 2.32 bits per heavy atom. The smallest absolute Gasteiger partial charge is 0.210 e. The van der Waals surface area contributed by atoms with E-state index in [0.29, 0.717) is 17.5 Å². The van der Waals surface area contributed by atoms with E-state index in [-0.39, 0.29) is 0 Å². The van der Waals surface area contributed by atoms with Crippen LogP contribution in [0.25, 0.3) is 6.08 Å². The summed E-state index contributed by atoms with van der Waals surface area (Å²) in [6, 6.07) is 3.77. The van der Waals surface area contributed by atoms with Crippen LogP contribution in [0.2, 0.25) is 0 Å². The second-order valence-corrected chi connectivity index (χ2v) is 5.79. The van der Waals surface area contributed by atoms with E-state index in [2.05, 4.69) is 35.7 Å². The van der Waals surface area contributed by atoms with Gasteiger partial charge in [0, 0.05) is 11.8 Å². The van der Waals surface area contributed by atoms with Gasteiger partial charge in [-0.15, -0.1) is 10.2 Å². The molecule has 0 bridgehead atoms. The molecular formula is C13H12N8S. The predicted molar refractivity (Wildman–Crippen MR) is 82.0 cm³/mol. The molecule has 4 rings (SSSR count). The Morgan fingerprint density at radius 1 is 1.36 bits per heavy atom. The number of H-pyrrole nitrogens is 1. The van der Waals surface area contributed by atoms with E-state index in [1.165, 1.54) is 11.3 Å². The van der Waals surface area contributed by atoms with Gasteiger partial charge in [0.25, 0.3) is 0 Å². The van der Waals surface area contributed by atoms with Crippen LogP contribution in [0.3, 0.4) is 0 Å². The SMILES string of the molecule is NC1(c2cn[nH]c2)C=c2nc(Nc3nncs3)ccc2=NC1. The Morgan fingerprint density at radius 3 is 3.09 bits per heavy atom. The van der Waals surface area contributed by atoms with Crippen molar-refractivity contribution in [3.8, 4) is 0 Å². The van der Waals surface area contributed by atoms with Crippen molar-refractivity contribution in [3.05, 3.63) is 46.3 Å². The van der Waals surface area contributed by atoms with E-state index in [0.717, 1.165) is 16.3 Å². The van der Waals surface area contributed by atoms with Gasteiger partial charge in [-0.3, -0.25) is 10.1 Å². The van der Waals surface area contributed by atoms with Crippen molar-refractivity contribution in [1.82, 2.24) is 25.4 Å². The first-order chi connectivity index (χ1) is 10.7. The molecule has 1 atom stereocenters. The topological polar surface area (TPSA) is 118 Å². The Hall–Kier alpha value is -2.65. The fourth-order valence-electron chi connectivity index (χ4n) is 2.30. The summed E-state index contributed by atoms with van der Waals surface area (Å²) in [6.45, 7) is 0.463. The number of pyridine rings is 1. The molecule has 8 nitrogen and oxygen atoms in total. The molecular weight excluding hydrogens is 300 g/mol. The molecule has 110 valence electrons. The molecule has 1 unspecified atom stereocenters. The highest BCUT2D eigenvalue weighted by Gasteiger charge is 2.27. The summed E-state index contributed by atoms with van der Waals surface area (Å²) in [5.41, 5.74) is 8.28. The number of fused-ring (bicyclic) bond motifs is 1. The Labute approximate surface area is 128 Å². The third kappa shape index (κ3) is 2.26. The van der Waals surface area contributed by atoms with Gasteiger partial charge in [0.2, 0.25) is 5.13 Å². The van der Waals surface area contributed by atoms with Crippen molar-refractivity contribution in [3.63, 3.8) is 0 Å². The van der Waals surface area contributed by atoms with E-state index in [1.807, 2.05) is 18.2 Å². The first-order valence-electron chi connectivity index (χ1n) is 6.59. The van der Waals surface area contributed by atoms with Crippen LogP contribution in [-0.4, -0.2) is 31.9 Å². The number of aromatic nitrogens is 5. The number of hydrogen-bond donors (Lipinski definition) is 3. The average Bonchev–Trinajstić information content (AvgIpc) is 3.20. The average molecular weight is 312 g/mol. The predicted octanol–water partition coefficient (Wildman–Crippen LogP) is -0.332. The van der Waals surface area contributed by atoms with Gasteiger partial charge >= 0.3 is 0 Å². The summed E-state index contributed by atoms with van der Waals surface area (Å²) in [5, 5.41) is 19.8. The fraction of sp³-hybridized carbons (Fsp3) is 0.154. The van der Waals surface area contributed by atoms with Crippen LogP contribution < -0.4 is 21.8 Å². The summed E-state index contributed by atoms with van der Waals surface area (Å²) in [7, 11) is 0. The van der Waals surface area contributed by atoms with Crippen LogP contribution in [0.4, 0.5) is 10.9 Å². The number of rotatable bonds is 3. The van der Waals surface area contributed by atoms with Gasteiger partial charge < -0.3 is 11.1 Å². The van der Waals surface area contributed by atoms with Crippen LogP contribution in [-0.2, 0) is 5.54 Å². The zero-order valence-corrected chi connectivity index (χ0v) is 12.2. The standard InChI is InChI=1S/C13H12N8S/c14-13(8-4-16-17-5-8)3-10-9(15-6-13)1-2-11(19-10)20-12-21-18-7-22-12/h1-5,7H,6,14H2,(H,16,17)(H,19,20,21). The van der Waals surface area contributed by atoms with E-state index in [9.17, 15) is 0 Å². The van der Waals surface area contributed by atoms with E-state index in [1.54, 1.807) is 17.9 Å². The van der Waals surface area contributed by atoms with Crippen LogP contribution >= 0.6 is 11.3 Å². The molecule has 0 fully saturated rings. The molecule has 0 saturated heterocycles. The lowest BCUT2D eigenvalue weighted by atomic mass is 9.92. The third-order valence-electron chi connectivity index (χ3n) is 3.44. The van der Waals surface area contributed by atoms with Crippen LogP contribution in [0.15, 0.2) is 35.0 Å². The Balaban J connectivity index is 1.76. The maximum Gasteiger partial charge on any atom is 0.210 e. The number of nitrogens with two attached hydrogens (primary N) is 1. The minimum absolute atomic E-state index is 0.463. The molecule has 3 aromatic heterocycles. The molecule has 0 amide bonds. The zero-order valence-electron chi connectivity index (χ0n) is 11.4. The lowest BCUT2D eigenvalue weighted by Gasteiger charge is -2.24. The fourth-order valence-corrected chi connectivity index (χ4v) is 2.75. The maximum absolute atomic E-state index is 6.44. The van der Waals surface area contributed by atoms with Crippen molar-refractivity contribution in [1.29, 1.82) is 0 Å². The zero-order chi connectivity index (χ0) is 15.0. The van der Waals surface area contributed by atoms with E-state index < -0.39 is 5.54 Å². The largest absolute Gasteiger partial charge is 0.317 e. The van der Waals surface area contributed by atoms with Crippen molar-refractivity contribution >= 4 is 28.4 Å². The minimum atomic E-state index is -0.700. The first kappa shape index (κ1) is 13.0. The highest BCUT2D eigenvalue weighted by atomic mass is 32.1. The Bertz CT molecular complexity index is 902. The maximum atomic E-state index is 6.44. The molecule has 3 aromatic rings. The van der Waals surface area contributed by atoms with Gasteiger partial charge in [-0.25, -0.2) is 4.98 Å². The van der Waals surface area contributed by atoms with Gasteiger partial charge in [-0.05, 0) is 18.2 Å². The molecule has 0 spiro atoms. The summed E-state index contributed by atoms with van der Waals surface area (Å²) in [5.74, 6) is 0.679. The van der Waals surface area contributed by atoms with Crippen molar-refractivity contribution in [2.24, 2.45) is 10.7 Å². The van der Waals surface area contributed by atoms with Crippen molar-refractivity contribution < 1.29 is 0 Å². The number of nitrogens with zero attached hydrogens (tertiary/aromatic N) is 5. The Kier molecular flexibility index (Phi) is 2.94. The van der Waals surface area contributed by atoms with Gasteiger partial charge in [0.15, 0.2) is 0 Å². The minimum Gasteiger partial charge on any atom is -0.317 e. The van der Waals surface area contributed by atoms with Crippen LogP contribution in [0.1, 0.15) is 5.56 Å². The monoisotopic (exact) mass is 312 g/mol. The number of aromatic amines is 1. The lowest BCUT2D eigenvalue weighted by molar-refractivity contribution is 0.590. The quantitative estimate of drug-likeness (QED) is 0.609. The second kappa shape index (κ2) is 4.97. The van der Waals surface area contributed by atoms with Gasteiger partial charge in [0.05, 0.1) is 29.0 Å². The van der Waals surface area contributed by atoms with Crippen LogP contribution in [0.5, 0.6) is 0 Å². The molecule has 1 aliphatic heterocycles. The highest BCUT2D eigenvalue weighted by Crippen LogP contribution is 2.20. The highest BCUT2D eigenvalue weighted by molar-refractivity contribution is 7.13. The van der Waals surface area contributed by atoms with Crippen molar-refractivity contribution in [2.45, 2.75) is 5.54 Å². The molecule has 0 aliphatic carbocycles. The molecule has 0 saturated carbocycles. The number of nitrogens with one attached hydrogen (secondary N) is 2.